The molecule has 2 rings (SSSR count). The van der Waals surface area contributed by atoms with Crippen LogP contribution in [0.2, 0.25) is 0 Å². The predicted molar refractivity (Wildman–Crippen MR) is 60.7 cm³/mol. The fourth-order valence-corrected chi connectivity index (χ4v) is 1.79. The molecule has 0 saturated heterocycles. The summed E-state index contributed by atoms with van der Waals surface area (Å²) in [6, 6.07) is 5.77. The molecule has 4 heteroatoms. The van der Waals surface area contributed by atoms with Crippen LogP contribution in [-0.2, 0) is 4.79 Å². The molecular formula is C12H15NO3. The number of hydrogen-bond donors (Lipinski definition) is 1. The molecule has 0 fully saturated rings. The zero-order valence-corrected chi connectivity index (χ0v) is 9.27. The van der Waals surface area contributed by atoms with Crippen molar-refractivity contribution < 1.29 is 14.6 Å². The minimum atomic E-state index is -0.0495. The van der Waals surface area contributed by atoms with Crippen molar-refractivity contribution in [2.45, 2.75) is 13.3 Å². The Morgan fingerprint density at radius 2 is 2.31 bits per heavy atom. The molecular weight excluding hydrogens is 206 g/mol. The molecule has 0 aromatic heterocycles. The number of carbonyl (C=O) groups excluding carboxylic acids is 1. The van der Waals surface area contributed by atoms with Gasteiger partial charge in [0.2, 0.25) is 0 Å². The SMILES string of the molecule is Cc1ccc2c(c1)N(CCCO)C(=O)CO2. The first-order chi connectivity index (χ1) is 7.72. The highest BCUT2D eigenvalue weighted by molar-refractivity contribution is 5.97. The topological polar surface area (TPSA) is 49.8 Å². The highest BCUT2D eigenvalue weighted by Crippen LogP contribution is 2.32. The molecule has 4 nitrogen and oxygen atoms in total. The Balaban J connectivity index is 2.31. The van der Waals surface area contributed by atoms with Gasteiger partial charge < -0.3 is 14.7 Å². The average molecular weight is 221 g/mol. The van der Waals surface area contributed by atoms with Crippen LogP contribution in [0.5, 0.6) is 5.75 Å². The third-order valence-corrected chi connectivity index (χ3v) is 2.60. The number of aliphatic hydroxyl groups excluding tert-OH is 1. The molecule has 0 unspecified atom stereocenters. The lowest BCUT2D eigenvalue weighted by molar-refractivity contribution is -0.121. The Hall–Kier alpha value is -1.55. The van der Waals surface area contributed by atoms with Gasteiger partial charge in [0.15, 0.2) is 6.61 Å². The molecule has 0 aliphatic carbocycles. The van der Waals surface area contributed by atoms with Gasteiger partial charge in [0.25, 0.3) is 5.91 Å². The highest BCUT2D eigenvalue weighted by Gasteiger charge is 2.24. The van der Waals surface area contributed by atoms with Gasteiger partial charge in [-0.3, -0.25) is 4.79 Å². The van der Waals surface area contributed by atoms with E-state index in [1.165, 1.54) is 0 Å². The van der Waals surface area contributed by atoms with E-state index < -0.39 is 0 Å². The molecule has 1 amide bonds. The number of hydrogen-bond acceptors (Lipinski definition) is 3. The molecule has 0 spiro atoms. The number of fused-ring (bicyclic) bond motifs is 1. The average Bonchev–Trinajstić information content (AvgIpc) is 2.28. The van der Waals surface area contributed by atoms with Crippen LogP contribution in [0.1, 0.15) is 12.0 Å². The zero-order chi connectivity index (χ0) is 11.5. The van der Waals surface area contributed by atoms with Gasteiger partial charge in [-0.15, -0.1) is 0 Å². The minimum Gasteiger partial charge on any atom is -0.482 e. The van der Waals surface area contributed by atoms with Crippen molar-refractivity contribution in [1.29, 1.82) is 0 Å². The van der Waals surface area contributed by atoms with Gasteiger partial charge in [-0.05, 0) is 31.0 Å². The van der Waals surface area contributed by atoms with Gasteiger partial charge in [-0.25, -0.2) is 0 Å². The summed E-state index contributed by atoms with van der Waals surface area (Å²) in [4.78, 5) is 13.4. The van der Waals surface area contributed by atoms with Gasteiger partial charge in [-0.1, -0.05) is 6.07 Å². The maximum absolute atomic E-state index is 11.7. The molecule has 16 heavy (non-hydrogen) atoms. The number of ether oxygens (including phenoxy) is 1. The highest BCUT2D eigenvalue weighted by atomic mass is 16.5. The summed E-state index contributed by atoms with van der Waals surface area (Å²) in [6.07, 6.45) is 0.582. The van der Waals surface area contributed by atoms with Crippen molar-refractivity contribution in [3.63, 3.8) is 0 Å². The quantitative estimate of drug-likeness (QED) is 0.831. The molecule has 1 aliphatic rings. The van der Waals surface area contributed by atoms with Gasteiger partial charge in [0, 0.05) is 13.2 Å². The van der Waals surface area contributed by atoms with E-state index >= 15 is 0 Å². The van der Waals surface area contributed by atoms with Crippen molar-refractivity contribution in [1.82, 2.24) is 0 Å². The van der Waals surface area contributed by atoms with Crippen LogP contribution in [0.4, 0.5) is 5.69 Å². The van der Waals surface area contributed by atoms with E-state index in [-0.39, 0.29) is 19.1 Å². The number of benzene rings is 1. The van der Waals surface area contributed by atoms with Crippen LogP contribution in [-0.4, -0.2) is 30.8 Å². The molecule has 1 heterocycles. The molecule has 0 saturated carbocycles. The Morgan fingerprint density at radius 3 is 3.06 bits per heavy atom. The lowest BCUT2D eigenvalue weighted by atomic mass is 10.1. The number of carbonyl (C=O) groups is 1. The van der Waals surface area contributed by atoms with E-state index in [9.17, 15) is 4.79 Å². The van der Waals surface area contributed by atoms with Crippen molar-refractivity contribution in [2.24, 2.45) is 0 Å². The first kappa shape index (κ1) is 11.0. The molecule has 1 aromatic rings. The number of aliphatic hydroxyl groups is 1. The second kappa shape index (κ2) is 4.53. The van der Waals surface area contributed by atoms with E-state index in [4.69, 9.17) is 9.84 Å². The second-order valence-electron chi connectivity index (χ2n) is 3.88. The normalized spacial score (nSPS) is 14.6. The Bertz CT molecular complexity index is 403. The first-order valence-electron chi connectivity index (χ1n) is 5.37. The largest absolute Gasteiger partial charge is 0.482 e. The molecule has 0 radical (unpaired) electrons. The smallest absolute Gasteiger partial charge is 0.265 e. The van der Waals surface area contributed by atoms with E-state index in [0.29, 0.717) is 13.0 Å². The maximum atomic E-state index is 11.7. The third kappa shape index (κ3) is 2.02. The zero-order valence-electron chi connectivity index (χ0n) is 9.27. The van der Waals surface area contributed by atoms with Crippen LogP contribution >= 0.6 is 0 Å². The summed E-state index contributed by atoms with van der Waals surface area (Å²) in [5.41, 5.74) is 1.90. The molecule has 0 atom stereocenters. The number of amides is 1. The molecule has 1 aromatic carbocycles. The van der Waals surface area contributed by atoms with Crippen molar-refractivity contribution in [2.75, 3.05) is 24.7 Å². The molecule has 1 N–H and O–H groups in total. The van der Waals surface area contributed by atoms with E-state index in [1.54, 1.807) is 4.90 Å². The van der Waals surface area contributed by atoms with Gasteiger partial charge >= 0.3 is 0 Å². The first-order valence-corrected chi connectivity index (χ1v) is 5.37. The summed E-state index contributed by atoms with van der Waals surface area (Å²) in [5, 5.41) is 8.82. The van der Waals surface area contributed by atoms with Crippen LogP contribution in [0.25, 0.3) is 0 Å². The number of anilines is 1. The summed E-state index contributed by atoms with van der Waals surface area (Å²) in [6.45, 7) is 2.69. The van der Waals surface area contributed by atoms with Crippen molar-refractivity contribution in [3.8, 4) is 5.75 Å². The standard InChI is InChI=1S/C12H15NO3/c1-9-3-4-11-10(7-9)13(5-2-6-14)12(15)8-16-11/h3-4,7,14H,2,5-6,8H2,1H3. The number of aryl methyl sites for hydroxylation is 1. The predicted octanol–water partition coefficient (Wildman–Crippen LogP) is 1.10. The van der Waals surface area contributed by atoms with Crippen LogP contribution in [0.3, 0.4) is 0 Å². The van der Waals surface area contributed by atoms with Gasteiger partial charge in [-0.2, -0.15) is 0 Å². The van der Waals surface area contributed by atoms with E-state index in [2.05, 4.69) is 0 Å². The van der Waals surface area contributed by atoms with E-state index in [0.717, 1.165) is 17.0 Å². The molecule has 0 bridgehead atoms. The minimum absolute atomic E-state index is 0.0495. The maximum Gasteiger partial charge on any atom is 0.265 e. The summed E-state index contributed by atoms with van der Waals surface area (Å²) < 4.78 is 5.35. The van der Waals surface area contributed by atoms with Crippen molar-refractivity contribution in [3.05, 3.63) is 23.8 Å². The van der Waals surface area contributed by atoms with Crippen molar-refractivity contribution >= 4 is 11.6 Å². The van der Waals surface area contributed by atoms with E-state index in [1.807, 2.05) is 25.1 Å². The lowest BCUT2D eigenvalue weighted by Crippen LogP contribution is -2.39. The van der Waals surface area contributed by atoms with Gasteiger partial charge in [0.05, 0.1) is 5.69 Å². The number of nitrogens with zero attached hydrogens (tertiary/aromatic N) is 1. The van der Waals surface area contributed by atoms with Crippen LogP contribution in [0, 0.1) is 6.92 Å². The van der Waals surface area contributed by atoms with Crippen LogP contribution < -0.4 is 9.64 Å². The number of rotatable bonds is 3. The summed E-state index contributed by atoms with van der Waals surface area (Å²) in [7, 11) is 0. The fourth-order valence-electron chi connectivity index (χ4n) is 1.79. The Kier molecular flexibility index (Phi) is 3.10. The van der Waals surface area contributed by atoms with Crippen LogP contribution in [0.15, 0.2) is 18.2 Å². The fraction of sp³-hybridized carbons (Fsp3) is 0.417. The Labute approximate surface area is 94.4 Å². The van der Waals surface area contributed by atoms with Gasteiger partial charge in [0.1, 0.15) is 5.75 Å². The summed E-state index contributed by atoms with van der Waals surface area (Å²) in [5.74, 6) is 0.690. The second-order valence-corrected chi connectivity index (χ2v) is 3.88. The lowest BCUT2D eigenvalue weighted by Gasteiger charge is -2.29. The summed E-state index contributed by atoms with van der Waals surface area (Å²) >= 11 is 0. The Morgan fingerprint density at radius 1 is 1.50 bits per heavy atom. The molecule has 1 aliphatic heterocycles. The third-order valence-electron chi connectivity index (χ3n) is 2.60. The monoisotopic (exact) mass is 221 g/mol. The molecule has 86 valence electrons.